The lowest BCUT2D eigenvalue weighted by molar-refractivity contribution is 0.0508. The van der Waals surface area contributed by atoms with E-state index in [2.05, 4.69) is 17.6 Å². The van der Waals surface area contributed by atoms with Gasteiger partial charge in [0.25, 0.3) is 0 Å². The maximum atomic E-state index is 11.9. The Bertz CT molecular complexity index is 375. The third kappa shape index (κ3) is 6.33. The highest BCUT2D eigenvalue weighted by atomic mass is 16.6. The topological polar surface area (TPSA) is 50.4 Å². The minimum atomic E-state index is -0.431. The Kier molecular flexibility index (Phi) is 6.35. The van der Waals surface area contributed by atoms with Crippen LogP contribution in [0.3, 0.4) is 0 Å². The molecule has 134 valence electrons. The molecule has 2 rings (SSSR count). The maximum Gasteiger partial charge on any atom is 0.407 e. The van der Waals surface area contributed by atoms with Gasteiger partial charge in [0.15, 0.2) is 0 Å². The molecule has 0 spiro atoms. The van der Waals surface area contributed by atoms with Crippen LogP contribution in [0, 0.1) is 11.8 Å². The molecule has 2 fully saturated rings. The lowest BCUT2D eigenvalue weighted by Crippen LogP contribution is -2.53. The molecule has 0 aromatic rings. The van der Waals surface area contributed by atoms with Gasteiger partial charge < -0.3 is 15.4 Å². The highest BCUT2D eigenvalue weighted by Crippen LogP contribution is 2.32. The van der Waals surface area contributed by atoms with Crippen LogP contribution in [0.4, 0.5) is 4.79 Å². The van der Waals surface area contributed by atoms with Crippen molar-refractivity contribution in [2.75, 3.05) is 13.1 Å². The van der Waals surface area contributed by atoms with E-state index in [-0.39, 0.29) is 11.6 Å². The quantitative estimate of drug-likeness (QED) is 0.795. The second-order valence-corrected chi connectivity index (χ2v) is 8.85. The van der Waals surface area contributed by atoms with Crippen LogP contribution in [-0.2, 0) is 4.74 Å². The molecule has 2 saturated carbocycles. The molecule has 23 heavy (non-hydrogen) atoms. The molecule has 0 heterocycles. The van der Waals surface area contributed by atoms with Crippen molar-refractivity contribution in [3.8, 4) is 0 Å². The van der Waals surface area contributed by atoms with E-state index in [0.29, 0.717) is 6.54 Å². The van der Waals surface area contributed by atoms with E-state index in [1.165, 1.54) is 38.5 Å². The molecule has 4 nitrogen and oxygen atoms in total. The minimum absolute atomic E-state index is 0.0833. The van der Waals surface area contributed by atoms with Crippen LogP contribution < -0.4 is 10.6 Å². The number of alkyl carbamates (subject to hydrolysis) is 1. The van der Waals surface area contributed by atoms with E-state index in [1.54, 1.807) is 0 Å². The molecule has 4 heteroatoms. The van der Waals surface area contributed by atoms with Crippen LogP contribution in [0.1, 0.15) is 79.1 Å². The number of amides is 1. The van der Waals surface area contributed by atoms with E-state index in [4.69, 9.17) is 4.74 Å². The zero-order valence-corrected chi connectivity index (χ0v) is 15.5. The maximum absolute atomic E-state index is 11.9. The largest absolute Gasteiger partial charge is 0.444 e. The molecular formula is C19H36N2O2. The molecule has 1 amide bonds. The number of ether oxygens (including phenoxy) is 1. The first-order valence-electron chi connectivity index (χ1n) is 9.50. The fraction of sp³-hybridized carbons (Fsp3) is 0.947. The van der Waals surface area contributed by atoms with Crippen molar-refractivity contribution in [3.63, 3.8) is 0 Å². The van der Waals surface area contributed by atoms with Gasteiger partial charge in [0.2, 0.25) is 0 Å². The van der Waals surface area contributed by atoms with Crippen LogP contribution >= 0.6 is 0 Å². The second-order valence-electron chi connectivity index (χ2n) is 8.85. The summed E-state index contributed by atoms with van der Waals surface area (Å²) in [5.74, 6) is 1.71. The van der Waals surface area contributed by atoms with Gasteiger partial charge in [0, 0.05) is 12.1 Å². The van der Waals surface area contributed by atoms with Crippen molar-refractivity contribution in [2.24, 2.45) is 11.8 Å². The summed E-state index contributed by atoms with van der Waals surface area (Å²) < 4.78 is 5.37. The minimum Gasteiger partial charge on any atom is -0.444 e. The third-order valence-corrected chi connectivity index (χ3v) is 5.43. The summed E-state index contributed by atoms with van der Waals surface area (Å²) in [7, 11) is 0. The first-order valence-corrected chi connectivity index (χ1v) is 9.50. The fourth-order valence-electron chi connectivity index (χ4n) is 3.92. The Morgan fingerprint density at radius 2 is 1.74 bits per heavy atom. The van der Waals surface area contributed by atoms with E-state index in [9.17, 15) is 4.79 Å². The van der Waals surface area contributed by atoms with Gasteiger partial charge in [-0.05, 0) is 64.8 Å². The van der Waals surface area contributed by atoms with Crippen molar-refractivity contribution in [2.45, 2.75) is 90.2 Å². The van der Waals surface area contributed by atoms with Crippen molar-refractivity contribution in [3.05, 3.63) is 0 Å². The predicted molar refractivity (Wildman–Crippen MR) is 94.6 cm³/mol. The summed E-state index contributed by atoms with van der Waals surface area (Å²) in [5.41, 5.74) is -0.348. The number of rotatable bonds is 5. The van der Waals surface area contributed by atoms with Crippen LogP contribution in [-0.4, -0.2) is 30.3 Å². The zero-order chi connectivity index (χ0) is 16.9. The molecule has 0 atom stereocenters. The molecule has 2 N–H and O–H groups in total. The molecule has 0 bridgehead atoms. The number of hydrogen-bond donors (Lipinski definition) is 2. The summed E-state index contributed by atoms with van der Waals surface area (Å²) in [6.45, 7) is 9.86. The molecule has 2 aliphatic rings. The summed E-state index contributed by atoms with van der Waals surface area (Å²) in [6.07, 6.45) is 9.98. The van der Waals surface area contributed by atoms with Gasteiger partial charge in [-0.15, -0.1) is 0 Å². The van der Waals surface area contributed by atoms with Crippen molar-refractivity contribution >= 4 is 6.09 Å². The van der Waals surface area contributed by atoms with Crippen LogP contribution in [0.15, 0.2) is 0 Å². The number of carbonyl (C=O) groups is 1. The Hall–Kier alpha value is -0.770. The fourth-order valence-corrected chi connectivity index (χ4v) is 3.92. The van der Waals surface area contributed by atoms with Gasteiger partial charge >= 0.3 is 6.09 Å². The summed E-state index contributed by atoms with van der Waals surface area (Å²) >= 11 is 0. The van der Waals surface area contributed by atoms with Crippen molar-refractivity contribution in [1.29, 1.82) is 0 Å². The van der Waals surface area contributed by atoms with Gasteiger partial charge in [0.1, 0.15) is 5.60 Å². The molecule has 2 aliphatic carbocycles. The van der Waals surface area contributed by atoms with Gasteiger partial charge in [-0.3, -0.25) is 0 Å². The standard InChI is InChI=1S/C19H36N2O2/c1-15-7-9-16(10-8-15)13-21-19(11-5-6-12-19)14-20-17(22)23-18(2,3)4/h15-16,21H,5-14H2,1-4H3,(H,20,22). The van der Waals surface area contributed by atoms with Gasteiger partial charge in [-0.25, -0.2) is 4.79 Å². The number of carbonyl (C=O) groups excluding carboxylic acids is 1. The Morgan fingerprint density at radius 1 is 1.13 bits per heavy atom. The molecule has 0 aromatic carbocycles. The van der Waals surface area contributed by atoms with Crippen molar-refractivity contribution in [1.82, 2.24) is 10.6 Å². The summed E-state index contributed by atoms with van der Waals surface area (Å²) in [4.78, 5) is 11.9. The van der Waals surface area contributed by atoms with Crippen LogP contribution in [0.25, 0.3) is 0 Å². The second kappa shape index (κ2) is 7.87. The highest BCUT2D eigenvalue weighted by Gasteiger charge is 2.35. The van der Waals surface area contributed by atoms with Crippen molar-refractivity contribution < 1.29 is 9.53 Å². The Morgan fingerprint density at radius 3 is 2.30 bits per heavy atom. The molecule has 0 radical (unpaired) electrons. The van der Waals surface area contributed by atoms with Gasteiger partial charge in [0.05, 0.1) is 0 Å². The zero-order valence-electron chi connectivity index (χ0n) is 15.5. The van der Waals surface area contributed by atoms with E-state index in [0.717, 1.165) is 31.2 Å². The average molecular weight is 325 g/mol. The van der Waals surface area contributed by atoms with Crippen LogP contribution in [0.2, 0.25) is 0 Å². The SMILES string of the molecule is CC1CCC(CNC2(CNC(=O)OC(C)(C)C)CCCC2)CC1. The van der Waals surface area contributed by atoms with Gasteiger partial charge in [-0.1, -0.05) is 32.6 Å². The monoisotopic (exact) mass is 324 g/mol. The smallest absolute Gasteiger partial charge is 0.407 e. The normalized spacial score (nSPS) is 27.7. The first-order chi connectivity index (χ1) is 10.8. The Balaban J connectivity index is 1.78. The van der Waals surface area contributed by atoms with E-state index in [1.807, 2.05) is 20.8 Å². The molecule has 0 saturated heterocycles. The molecule has 0 unspecified atom stereocenters. The van der Waals surface area contributed by atoms with Crippen LogP contribution in [0.5, 0.6) is 0 Å². The third-order valence-electron chi connectivity index (χ3n) is 5.43. The predicted octanol–water partition coefficient (Wildman–Crippen LogP) is 4.24. The molecular weight excluding hydrogens is 288 g/mol. The average Bonchev–Trinajstić information content (AvgIpc) is 2.92. The highest BCUT2D eigenvalue weighted by molar-refractivity contribution is 5.67. The molecule has 0 aliphatic heterocycles. The summed E-state index contributed by atoms with van der Waals surface area (Å²) in [5, 5.41) is 6.82. The first kappa shape index (κ1) is 18.6. The van der Waals surface area contributed by atoms with Gasteiger partial charge in [-0.2, -0.15) is 0 Å². The number of hydrogen-bond acceptors (Lipinski definition) is 3. The Labute approximate surface area is 142 Å². The number of nitrogens with one attached hydrogen (secondary N) is 2. The van der Waals surface area contributed by atoms with E-state index < -0.39 is 5.60 Å². The van der Waals surface area contributed by atoms with E-state index >= 15 is 0 Å². The lowest BCUT2D eigenvalue weighted by Gasteiger charge is -2.34. The lowest BCUT2D eigenvalue weighted by atomic mass is 9.82. The molecule has 0 aromatic heterocycles. The summed E-state index contributed by atoms with van der Waals surface area (Å²) in [6, 6.07) is 0.